The van der Waals surface area contributed by atoms with E-state index < -0.39 is 0 Å². The highest BCUT2D eigenvalue weighted by Crippen LogP contribution is 2.26. The molecule has 2 rings (SSSR count). The first-order chi connectivity index (χ1) is 12.7. The fourth-order valence-corrected chi connectivity index (χ4v) is 3.52. The standard InChI is InChI=1S/C20H30N4OS/c1-5-16-14-23-19(26-16)11-12-22-20(21-6-2)24-13-15(3)17-9-7-8-10-18(17)25-4/h7-10,14-15H,5-6,11-13H2,1-4H3,(H2,21,22,24). The second-order valence-corrected chi connectivity index (χ2v) is 7.31. The number of rotatable bonds is 9. The third-order valence-corrected chi connectivity index (χ3v) is 5.32. The first kappa shape index (κ1) is 20.2. The van der Waals surface area contributed by atoms with Gasteiger partial charge in [-0.05, 0) is 25.0 Å². The number of methoxy groups -OCH3 is 1. The largest absolute Gasteiger partial charge is 0.496 e. The molecule has 0 bridgehead atoms. The Bertz CT molecular complexity index is 699. The number of aryl methyl sites for hydroxylation is 1. The van der Waals surface area contributed by atoms with Crippen LogP contribution in [0.3, 0.4) is 0 Å². The van der Waals surface area contributed by atoms with Crippen molar-refractivity contribution >= 4 is 17.3 Å². The van der Waals surface area contributed by atoms with Gasteiger partial charge in [-0.3, -0.25) is 4.99 Å². The number of hydrogen-bond acceptors (Lipinski definition) is 4. The summed E-state index contributed by atoms with van der Waals surface area (Å²) in [7, 11) is 1.71. The Morgan fingerprint density at radius 1 is 1.27 bits per heavy atom. The van der Waals surface area contributed by atoms with Crippen LogP contribution in [0, 0.1) is 0 Å². The molecule has 142 valence electrons. The lowest BCUT2D eigenvalue weighted by molar-refractivity contribution is 0.407. The Morgan fingerprint density at radius 3 is 2.77 bits per heavy atom. The van der Waals surface area contributed by atoms with Gasteiger partial charge in [-0.1, -0.05) is 32.0 Å². The number of ether oxygens (including phenoxy) is 1. The highest BCUT2D eigenvalue weighted by molar-refractivity contribution is 7.11. The molecule has 1 atom stereocenters. The summed E-state index contributed by atoms with van der Waals surface area (Å²) in [5.74, 6) is 2.05. The van der Waals surface area contributed by atoms with Crippen LogP contribution in [0.1, 0.15) is 42.1 Å². The van der Waals surface area contributed by atoms with Crippen molar-refractivity contribution in [3.05, 3.63) is 45.9 Å². The van der Waals surface area contributed by atoms with Crippen molar-refractivity contribution in [3.63, 3.8) is 0 Å². The van der Waals surface area contributed by atoms with Crippen molar-refractivity contribution in [1.82, 2.24) is 15.6 Å². The van der Waals surface area contributed by atoms with E-state index >= 15 is 0 Å². The summed E-state index contributed by atoms with van der Waals surface area (Å²) >= 11 is 1.79. The van der Waals surface area contributed by atoms with Gasteiger partial charge in [-0.2, -0.15) is 0 Å². The van der Waals surface area contributed by atoms with Crippen LogP contribution >= 0.6 is 11.3 Å². The monoisotopic (exact) mass is 374 g/mol. The smallest absolute Gasteiger partial charge is 0.191 e. The third kappa shape index (κ3) is 6.02. The molecule has 1 heterocycles. The van der Waals surface area contributed by atoms with Crippen LogP contribution in [0.4, 0.5) is 0 Å². The molecule has 5 nitrogen and oxygen atoms in total. The molecule has 2 N–H and O–H groups in total. The first-order valence-electron chi connectivity index (χ1n) is 9.26. The quantitative estimate of drug-likeness (QED) is 0.520. The molecule has 0 aliphatic heterocycles. The van der Waals surface area contributed by atoms with E-state index in [1.165, 1.54) is 15.4 Å². The SMILES string of the molecule is CCNC(=NCC(C)c1ccccc1OC)NCCc1ncc(CC)s1. The lowest BCUT2D eigenvalue weighted by Gasteiger charge is -2.15. The van der Waals surface area contributed by atoms with E-state index in [0.29, 0.717) is 6.54 Å². The number of hydrogen-bond donors (Lipinski definition) is 2. The van der Waals surface area contributed by atoms with E-state index in [4.69, 9.17) is 9.73 Å². The maximum atomic E-state index is 5.46. The number of nitrogens with zero attached hydrogens (tertiary/aromatic N) is 2. The Morgan fingerprint density at radius 2 is 2.08 bits per heavy atom. The van der Waals surface area contributed by atoms with Gasteiger partial charge in [-0.25, -0.2) is 4.98 Å². The summed E-state index contributed by atoms with van der Waals surface area (Å²) in [5, 5.41) is 7.89. The molecule has 0 amide bonds. The fraction of sp³-hybridized carbons (Fsp3) is 0.500. The lowest BCUT2D eigenvalue weighted by Crippen LogP contribution is -2.38. The summed E-state index contributed by atoms with van der Waals surface area (Å²) in [5.41, 5.74) is 1.18. The van der Waals surface area contributed by atoms with Crippen LogP contribution < -0.4 is 15.4 Å². The summed E-state index contributed by atoms with van der Waals surface area (Å²) in [6, 6.07) is 8.14. The van der Waals surface area contributed by atoms with E-state index in [0.717, 1.165) is 37.6 Å². The van der Waals surface area contributed by atoms with Crippen molar-refractivity contribution < 1.29 is 4.74 Å². The van der Waals surface area contributed by atoms with Crippen molar-refractivity contribution in [2.24, 2.45) is 4.99 Å². The Labute approximate surface area is 160 Å². The number of aliphatic imine (C=N–C) groups is 1. The number of benzene rings is 1. The summed E-state index contributed by atoms with van der Waals surface area (Å²) < 4.78 is 5.46. The molecule has 26 heavy (non-hydrogen) atoms. The fourth-order valence-electron chi connectivity index (χ4n) is 2.66. The number of thiazole rings is 1. The van der Waals surface area contributed by atoms with Crippen LogP contribution in [-0.4, -0.2) is 37.7 Å². The topological polar surface area (TPSA) is 58.5 Å². The minimum atomic E-state index is 0.285. The van der Waals surface area contributed by atoms with Crippen molar-refractivity contribution in [1.29, 1.82) is 0 Å². The van der Waals surface area contributed by atoms with E-state index in [-0.39, 0.29) is 5.92 Å². The molecule has 0 spiro atoms. The lowest BCUT2D eigenvalue weighted by atomic mass is 10.0. The van der Waals surface area contributed by atoms with Gasteiger partial charge >= 0.3 is 0 Å². The van der Waals surface area contributed by atoms with Gasteiger partial charge < -0.3 is 15.4 Å². The van der Waals surface area contributed by atoms with E-state index in [2.05, 4.69) is 42.5 Å². The predicted octanol–water partition coefficient (Wildman–Crippen LogP) is 3.62. The van der Waals surface area contributed by atoms with Crippen LogP contribution in [0.15, 0.2) is 35.5 Å². The minimum absolute atomic E-state index is 0.285. The normalized spacial score (nSPS) is 12.7. The van der Waals surface area contributed by atoms with Crippen molar-refractivity contribution in [3.8, 4) is 5.75 Å². The maximum Gasteiger partial charge on any atom is 0.191 e. The molecule has 1 unspecified atom stereocenters. The number of para-hydroxylation sites is 1. The van der Waals surface area contributed by atoms with Gasteiger partial charge in [0.25, 0.3) is 0 Å². The molecule has 1 aromatic carbocycles. The van der Waals surface area contributed by atoms with Crippen molar-refractivity contribution in [2.75, 3.05) is 26.7 Å². The average molecular weight is 375 g/mol. The van der Waals surface area contributed by atoms with E-state index in [9.17, 15) is 0 Å². The van der Waals surface area contributed by atoms with Gasteiger partial charge in [0.2, 0.25) is 0 Å². The molecule has 0 aliphatic rings. The first-order valence-corrected chi connectivity index (χ1v) is 10.1. The summed E-state index contributed by atoms with van der Waals surface area (Å²) in [4.78, 5) is 10.5. The molecule has 0 radical (unpaired) electrons. The highest BCUT2D eigenvalue weighted by Gasteiger charge is 2.11. The third-order valence-electron chi connectivity index (χ3n) is 4.12. The zero-order chi connectivity index (χ0) is 18.8. The zero-order valence-corrected chi connectivity index (χ0v) is 17.0. The van der Waals surface area contributed by atoms with E-state index in [1.54, 1.807) is 18.4 Å². The highest BCUT2D eigenvalue weighted by atomic mass is 32.1. The predicted molar refractivity (Wildman–Crippen MR) is 111 cm³/mol. The van der Waals surface area contributed by atoms with E-state index in [1.807, 2.05) is 24.4 Å². The van der Waals surface area contributed by atoms with Gasteiger partial charge in [-0.15, -0.1) is 11.3 Å². The molecular weight excluding hydrogens is 344 g/mol. The van der Waals surface area contributed by atoms with Gasteiger partial charge in [0.1, 0.15) is 5.75 Å². The van der Waals surface area contributed by atoms with Crippen LogP contribution in [0.25, 0.3) is 0 Å². The van der Waals surface area contributed by atoms with Gasteiger partial charge in [0.15, 0.2) is 5.96 Å². The molecule has 0 fully saturated rings. The average Bonchev–Trinajstić information content (AvgIpc) is 3.13. The molecule has 1 aromatic heterocycles. The van der Waals surface area contributed by atoms with Gasteiger partial charge in [0.05, 0.1) is 12.1 Å². The number of nitrogens with one attached hydrogen (secondary N) is 2. The molecule has 0 aliphatic carbocycles. The summed E-state index contributed by atoms with van der Waals surface area (Å²) in [6.07, 6.45) is 3.95. The number of guanidine groups is 1. The second-order valence-electron chi connectivity index (χ2n) is 6.11. The Balaban J connectivity index is 1.90. The maximum absolute atomic E-state index is 5.46. The zero-order valence-electron chi connectivity index (χ0n) is 16.2. The van der Waals surface area contributed by atoms with Crippen LogP contribution in [0.2, 0.25) is 0 Å². The number of aromatic nitrogens is 1. The molecular formula is C20H30N4OS. The molecule has 0 saturated heterocycles. The Kier molecular flexibility index (Phi) is 8.41. The second kappa shape index (κ2) is 10.8. The Hall–Kier alpha value is -2.08. The molecule has 6 heteroatoms. The van der Waals surface area contributed by atoms with Crippen molar-refractivity contribution in [2.45, 2.75) is 39.5 Å². The molecule has 2 aromatic rings. The van der Waals surface area contributed by atoms with Crippen LogP contribution in [-0.2, 0) is 12.8 Å². The summed E-state index contributed by atoms with van der Waals surface area (Å²) in [6.45, 7) is 8.78. The minimum Gasteiger partial charge on any atom is -0.496 e. The molecule has 0 saturated carbocycles. The van der Waals surface area contributed by atoms with Gasteiger partial charge in [0, 0.05) is 43.0 Å². The van der Waals surface area contributed by atoms with Crippen LogP contribution in [0.5, 0.6) is 5.75 Å².